The molecule has 0 aliphatic carbocycles. The highest BCUT2D eigenvalue weighted by Crippen LogP contribution is 2.26. The third-order valence-corrected chi connectivity index (χ3v) is 4.15. The highest BCUT2D eigenvalue weighted by atomic mass is 16.5. The van der Waals surface area contributed by atoms with Crippen LogP contribution in [-0.4, -0.2) is 43.1 Å². The van der Waals surface area contributed by atoms with Gasteiger partial charge in [-0.1, -0.05) is 30.3 Å². The molecule has 1 amide bonds. The molecule has 1 aromatic carbocycles. The number of nitrogens with zero attached hydrogens (tertiary/aromatic N) is 1. The van der Waals surface area contributed by atoms with Gasteiger partial charge in [0.1, 0.15) is 6.10 Å². The monoisotopic (exact) mass is 274 g/mol. The number of morpholine rings is 1. The summed E-state index contributed by atoms with van der Waals surface area (Å²) in [4.78, 5) is 14.5. The number of carbonyl (C=O) groups excluding carboxylic acids is 1. The van der Waals surface area contributed by atoms with Gasteiger partial charge in [-0.25, -0.2) is 0 Å². The number of amides is 1. The first-order chi connectivity index (χ1) is 9.74. The molecule has 3 atom stereocenters. The minimum atomic E-state index is -0.00161. The molecule has 0 spiro atoms. The van der Waals surface area contributed by atoms with Gasteiger partial charge < -0.3 is 15.0 Å². The van der Waals surface area contributed by atoms with E-state index in [-0.39, 0.29) is 24.0 Å². The van der Waals surface area contributed by atoms with E-state index in [4.69, 9.17) is 4.74 Å². The van der Waals surface area contributed by atoms with Gasteiger partial charge in [-0.15, -0.1) is 0 Å². The lowest BCUT2D eigenvalue weighted by atomic mass is 10.0. The van der Waals surface area contributed by atoms with Crippen molar-refractivity contribution in [1.82, 2.24) is 10.2 Å². The van der Waals surface area contributed by atoms with Crippen molar-refractivity contribution in [3.63, 3.8) is 0 Å². The molecule has 4 nitrogen and oxygen atoms in total. The van der Waals surface area contributed by atoms with E-state index in [1.54, 1.807) is 0 Å². The van der Waals surface area contributed by atoms with E-state index in [9.17, 15) is 4.79 Å². The molecule has 2 heterocycles. The molecule has 2 saturated heterocycles. The maximum atomic E-state index is 12.6. The molecule has 3 rings (SSSR count). The number of nitrogens with one attached hydrogen (secondary N) is 1. The number of rotatable bonds is 2. The fourth-order valence-electron chi connectivity index (χ4n) is 3.11. The van der Waals surface area contributed by atoms with Gasteiger partial charge in [0.2, 0.25) is 5.91 Å². The average Bonchev–Trinajstić information content (AvgIpc) is 3.01. The standard InChI is InChI=1S/C16H22N2O2/c1-12-10-18(16(19)14-7-8-17-9-14)11-15(20-12)13-5-3-2-4-6-13/h2-6,12,14-15,17H,7-11H2,1H3. The van der Waals surface area contributed by atoms with Crippen molar-refractivity contribution < 1.29 is 9.53 Å². The zero-order chi connectivity index (χ0) is 13.9. The van der Waals surface area contributed by atoms with Gasteiger partial charge >= 0.3 is 0 Å². The summed E-state index contributed by atoms with van der Waals surface area (Å²) in [6.07, 6.45) is 1.05. The third-order valence-electron chi connectivity index (χ3n) is 4.15. The lowest BCUT2D eigenvalue weighted by Crippen LogP contribution is -2.48. The van der Waals surface area contributed by atoms with Crippen molar-refractivity contribution in [3.05, 3.63) is 35.9 Å². The zero-order valence-corrected chi connectivity index (χ0v) is 11.9. The van der Waals surface area contributed by atoms with Gasteiger partial charge in [-0.05, 0) is 25.5 Å². The normalized spacial score (nSPS) is 30.4. The Labute approximate surface area is 120 Å². The van der Waals surface area contributed by atoms with E-state index in [0.29, 0.717) is 13.1 Å². The summed E-state index contributed by atoms with van der Waals surface area (Å²) in [6.45, 7) is 5.20. The van der Waals surface area contributed by atoms with Gasteiger partial charge in [0.25, 0.3) is 0 Å². The molecule has 2 aliphatic heterocycles. The van der Waals surface area contributed by atoms with Crippen molar-refractivity contribution in [1.29, 1.82) is 0 Å². The largest absolute Gasteiger partial charge is 0.367 e. The van der Waals surface area contributed by atoms with Crippen molar-refractivity contribution in [2.45, 2.75) is 25.6 Å². The molecule has 4 heteroatoms. The summed E-state index contributed by atoms with van der Waals surface area (Å²) in [7, 11) is 0. The van der Waals surface area contributed by atoms with E-state index in [1.807, 2.05) is 30.0 Å². The Hall–Kier alpha value is -1.39. The first-order valence-electron chi connectivity index (χ1n) is 7.44. The summed E-state index contributed by atoms with van der Waals surface area (Å²) in [5.74, 6) is 0.433. The van der Waals surface area contributed by atoms with Crippen LogP contribution in [0.4, 0.5) is 0 Å². The van der Waals surface area contributed by atoms with Crippen LogP contribution < -0.4 is 5.32 Å². The molecule has 0 aromatic heterocycles. The second-order valence-electron chi connectivity index (χ2n) is 5.78. The maximum absolute atomic E-state index is 12.6. The maximum Gasteiger partial charge on any atom is 0.227 e. The Morgan fingerprint density at radius 2 is 2.10 bits per heavy atom. The van der Waals surface area contributed by atoms with E-state index >= 15 is 0 Å². The molecule has 0 radical (unpaired) electrons. The van der Waals surface area contributed by atoms with Gasteiger partial charge in [0.05, 0.1) is 18.6 Å². The Morgan fingerprint density at radius 1 is 1.30 bits per heavy atom. The minimum absolute atomic E-state index is 0.00161. The summed E-state index contributed by atoms with van der Waals surface area (Å²) in [6, 6.07) is 10.2. The molecule has 108 valence electrons. The van der Waals surface area contributed by atoms with Crippen molar-refractivity contribution in [3.8, 4) is 0 Å². The third kappa shape index (κ3) is 2.86. The Kier molecular flexibility index (Phi) is 4.03. The molecule has 2 fully saturated rings. The fourth-order valence-corrected chi connectivity index (χ4v) is 3.11. The van der Waals surface area contributed by atoms with E-state index < -0.39 is 0 Å². The Morgan fingerprint density at radius 3 is 2.80 bits per heavy atom. The highest BCUT2D eigenvalue weighted by Gasteiger charge is 2.33. The lowest BCUT2D eigenvalue weighted by Gasteiger charge is -2.38. The molecule has 0 saturated carbocycles. The SMILES string of the molecule is CC1CN(C(=O)C2CCNC2)CC(c2ccccc2)O1. The second kappa shape index (κ2) is 5.94. The van der Waals surface area contributed by atoms with Gasteiger partial charge in [0, 0.05) is 13.1 Å². The minimum Gasteiger partial charge on any atom is -0.367 e. The Balaban J connectivity index is 1.71. The average molecular weight is 274 g/mol. The summed E-state index contributed by atoms with van der Waals surface area (Å²) in [5.41, 5.74) is 1.15. The van der Waals surface area contributed by atoms with Gasteiger partial charge in [-0.3, -0.25) is 4.79 Å². The number of benzene rings is 1. The van der Waals surface area contributed by atoms with Gasteiger partial charge in [0.15, 0.2) is 0 Å². The second-order valence-corrected chi connectivity index (χ2v) is 5.78. The molecule has 20 heavy (non-hydrogen) atoms. The summed E-state index contributed by atoms with van der Waals surface area (Å²) < 4.78 is 6.01. The van der Waals surface area contributed by atoms with Crippen molar-refractivity contribution in [2.75, 3.05) is 26.2 Å². The van der Waals surface area contributed by atoms with Gasteiger partial charge in [-0.2, -0.15) is 0 Å². The fraction of sp³-hybridized carbons (Fsp3) is 0.562. The van der Waals surface area contributed by atoms with Crippen LogP contribution in [-0.2, 0) is 9.53 Å². The molecule has 1 aromatic rings. The van der Waals surface area contributed by atoms with Crippen LogP contribution in [0.25, 0.3) is 0 Å². The van der Waals surface area contributed by atoms with E-state index in [2.05, 4.69) is 17.4 Å². The van der Waals surface area contributed by atoms with Crippen LogP contribution in [0, 0.1) is 5.92 Å². The quantitative estimate of drug-likeness (QED) is 0.890. The number of ether oxygens (including phenoxy) is 1. The van der Waals surface area contributed by atoms with E-state index in [0.717, 1.165) is 25.1 Å². The van der Waals surface area contributed by atoms with Crippen LogP contribution in [0.1, 0.15) is 25.0 Å². The van der Waals surface area contributed by atoms with E-state index in [1.165, 1.54) is 0 Å². The van der Waals surface area contributed by atoms with Crippen molar-refractivity contribution >= 4 is 5.91 Å². The summed E-state index contributed by atoms with van der Waals surface area (Å²) in [5, 5.41) is 3.27. The first-order valence-corrected chi connectivity index (χ1v) is 7.44. The molecular weight excluding hydrogens is 252 g/mol. The highest BCUT2D eigenvalue weighted by molar-refractivity contribution is 5.79. The molecule has 0 bridgehead atoms. The molecule has 1 N–H and O–H groups in total. The smallest absolute Gasteiger partial charge is 0.227 e. The predicted molar refractivity (Wildman–Crippen MR) is 77.3 cm³/mol. The van der Waals surface area contributed by atoms with Crippen LogP contribution >= 0.6 is 0 Å². The lowest BCUT2D eigenvalue weighted by molar-refractivity contribution is -0.148. The van der Waals surface area contributed by atoms with Crippen LogP contribution in [0.5, 0.6) is 0 Å². The number of carbonyl (C=O) groups is 1. The number of hydrogen-bond acceptors (Lipinski definition) is 3. The predicted octanol–water partition coefficient (Wildman–Crippen LogP) is 1.58. The first kappa shape index (κ1) is 13.6. The topological polar surface area (TPSA) is 41.6 Å². The van der Waals surface area contributed by atoms with Crippen LogP contribution in [0.3, 0.4) is 0 Å². The number of hydrogen-bond donors (Lipinski definition) is 1. The molecular formula is C16H22N2O2. The Bertz CT molecular complexity index is 457. The van der Waals surface area contributed by atoms with Crippen LogP contribution in [0.15, 0.2) is 30.3 Å². The van der Waals surface area contributed by atoms with Crippen LogP contribution in [0.2, 0.25) is 0 Å². The molecule has 2 aliphatic rings. The molecule has 3 unspecified atom stereocenters. The zero-order valence-electron chi connectivity index (χ0n) is 11.9. The van der Waals surface area contributed by atoms with Crippen molar-refractivity contribution in [2.24, 2.45) is 5.92 Å². The summed E-state index contributed by atoms with van der Waals surface area (Å²) >= 11 is 0.